The number of halogens is 6. The van der Waals surface area contributed by atoms with Gasteiger partial charge in [-0.05, 0) is 36.4 Å². The van der Waals surface area contributed by atoms with E-state index in [1.807, 2.05) is 0 Å². The van der Waals surface area contributed by atoms with Crippen LogP contribution in [0.3, 0.4) is 0 Å². The Kier molecular flexibility index (Phi) is 6.68. The van der Waals surface area contributed by atoms with Crippen LogP contribution in [0.25, 0.3) is 0 Å². The van der Waals surface area contributed by atoms with Gasteiger partial charge in [-0.25, -0.2) is 4.39 Å². The van der Waals surface area contributed by atoms with Gasteiger partial charge in [0.15, 0.2) is 0 Å². The fourth-order valence-electron chi connectivity index (χ4n) is 3.74. The van der Waals surface area contributed by atoms with E-state index in [-0.39, 0.29) is 22.9 Å². The zero-order valence-corrected chi connectivity index (χ0v) is 19.0. The van der Waals surface area contributed by atoms with E-state index in [0.29, 0.717) is 0 Å². The second kappa shape index (κ2) is 9.61. The summed E-state index contributed by atoms with van der Waals surface area (Å²) in [5, 5.41) is 0. The van der Waals surface area contributed by atoms with E-state index in [1.165, 1.54) is 48.5 Å². The molecule has 0 saturated heterocycles. The Morgan fingerprint density at radius 3 is 1.14 bits per heavy atom. The summed E-state index contributed by atoms with van der Waals surface area (Å²) in [5.41, 5.74) is 5.14. The van der Waals surface area contributed by atoms with Crippen molar-refractivity contribution >= 4 is 11.4 Å². The Hall–Kier alpha value is -4.34. The van der Waals surface area contributed by atoms with Crippen molar-refractivity contribution in [2.75, 3.05) is 11.5 Å². The van der Waals surface area contributed by atoms with Crippen molar-refractivity contribution in [1.82, 2.24) is 0 Å². The highest BCUT2D eigenvalue weighted by Crippen LogP contribution is 2.58. The van der Waals surface area contributed by atoms with E-state index in [1.54, 1.807) is 12.1 Å². The summed E-state index contributed by atoms with van der Waals surface area (Å²) in [6.07, 6.45) is -6.29. The van der Waals surface area contributed by atoms with Gasteiger partial charge in [-0.1, -0.05) is 60.7 Å². The molecule has 0 heterocycles. The van der Waals surface area contributed by atoms with Crippen molar-refractivity contribution in [3.63, 3.8) is 0 Å². The van der Waals surface area contributed by atoms with Gasteiger partial charge in [0.25, 0.3) is 0 Å². The van der Waals surface area contributed by atoms with Crippen LogP contribution in [0.1, 0.15) is 11.1 Å². The lowest BCUT2D eigenvalue weighted by molar-refractivity contribution is -0.323. The first-order valence-corrected chi connectivity index (χ1v) is 10.8. The molecule has 0 fully saturated rings. The number of rotatable bonds is 7. The number of anilines is 2. The van der Waals surface area contributed by atoms with Crippen molar-refractivity contribution < 1.29 is 35.8 Å². The van der Waals surface area contributed by atoms with Gasteiger partial charge in [0.1, 0.15) is 23.0 Å². The van der Waals surface area contributed by atoms with Crippen LogP contribution >= 0.6 is 0 Å². The average molecular weight is 518 g/mol. The molecule has 0 spiro atoms. The summed E-state index contributed by atoms with van der Waals surface area (Å²) >= 11 is 0. The number of para-hydroxylation sites is 6. The van der Waals surface area contributed by atoms with E-state index in [4.69, 9.17) is 20.9 Å². The van der Waals surface area contributed by atoms with E-state index in [2.05, 4.69) is 0 Å². The number of ether oxygens (including phenoxy) is 2. The first-order valence-electron chi connectivity index (χ1n) is 10.8. The number of benzene rings is 4. The molecule has 0 aliphatic rings. The summed E-state index contributed by atoms with van der Waals surface area (Å²) < 4.78 is 100. The second-order valence-electron chi connectivity index (χ2n) is 8.00. The molecule has 0 radical (unpaired) electrons. The lowest BCUT2D eigenvalue weighted by Crippen LogP contribution is -2.53. The van der Waals surface area contributed by atoms with Crippen LogP contribution in [0.2, 0.25) is 0 Å². The first kappa shape index (κ1) is 25.7. The van der Waals surface area contributed by atoms with Crippen molar-refractivity contribution in [2.24, 2.45) is 0 Å². The molecule has 4 nitrogen and oxygen atoms in total. The minimum atomic E-state index is -6.29. The maximum Gasteiger partial charge on any atom is 0.457 e. The molecule has 0 saturated carbocycles. The Labute approximate surface area is 208 Å². The van der Waals surface area contributed by atoms with Crippen LogP contribution in [0.4, 0.5) is 37.7 Å². The Bertz CT molecular complexity index is 1320. The normalized spacial score (nSPS) is 12.3. The van der Waals surface area contributed by atoms with Gasteiger partial charge in [-0.3, -0.25) is 0 Å². The summed E-state index contributed by atoms with van der Waals surface area (Å²) in [7, 11) is 0. The highest BCUT2D eigenvalue weighted by atomic mass is 19.4. The third-order valence-electron chi connectivity index (χ3n) is 5.58. The molecule has 0 unspecified atom stereocenters. The summed E-state index contributed by atoms with van der Waals surface area (Å²) in [5.74, 6) is -7.24. The molecule has 0 aliphatic heterocycles. The van der Waals surface area contributed by atoms with Gasteiger partial charge in [0.05, 0.1) is 11.4 Å². The molecular formula is C27H20F6N2O2. The molecule has 0 bridgehead atoms. The van der Waals surface area contributed by atoms with Gasteiger partial charge < -0.3 is 20.9 Å². The third-order valence-corrected chi connectivity index (χ3v) is 5.58. The molecule has 10 heteroatoms. The third kappa shape index (κ3) is 4.62. The predicted molar refractivity (Wildman–Crippen MR) is 128 cm³/mol. The smallest absolute Gasteiger partial charge is 0.455 e. The van der Waals surface area contributed by atoms with Gasteiger partial charge in [-0.2, -0.15) is 22.0 Å². The number of nitrogens with two attached hydrogens (primary N) is 2. The molecule has 192 valence electrons. The van der Waals surface area contributed by atoms with Crippen LogP contribution in [-0.2, 0) is 5.67 Å². The Morgan fingerprint density at radius 2 is 0.784 bits per heavy atom. The van der Waals surface area contributed by atoms with Crippen LogP contribution in [0.5, 0.6) is 23.0 Å². The molecule has 4 N–H and O–H groups in total. The molecule has 4 aromatic rings. The monoisotopic (exact) mass is 518 g/mol. The molecule has 0 amide bonds. The summed E-state index contributed by atoms with van der Waals surface area (Å²) in [4.78, 5) is 0. The van der Waals surface area contributed by atoms with Crippen LogP contribution in [0.15, 0.2) is 97.1 Å². The van der Waals surface area contributed by atoms with E-state index in [0.717, 1.165) is 36.4 Å². The largest absolute Gasteiger partial charge is 0.457 e. The Morgan fingerprint density at radius 1 is 0.459 bits per heavy atom. The zero-order valence-electron chi connectivity index (χ0n) is 19.0. The van der Waals surface area contributed by atoms with Crippen molar-refractivity contribution in [3.8, 4) is 23.0 Å². The molecule has 4 rings (SSSR count). The SMILES string of the molecule is Nc1ccccc1Oc1ccccc1C(F)(c1ccccc1Oc1ccccc1N)C(F)(F)C(F)(F)F. The van der Waals surface area contributed by atoms with Crippen LogP contribution < -0.4 is 20.9 Å². The molecule has 0 aromatic heterocycles. The van der Waals surface area contributed by atoms with Gasteiger partial charge in [0, 0.05) is 11.1 Å². The van der Waals surface area contributed by atoms with Gasteiger partial charge >= 0.3 is 12.1 Å². The highest BCUT2D eigenvalue weighted by Gasteiger charge is 2.74. The highest BCUT2D eigenvalue weighted by molar-refractivity contribution is 5.59. The molecule has 0 atom stereocenters. The Balaban J connectivity index is 1.97. The molecule has 37 heavy (non-hydrogen) atoms. The minimum Gasteiger partial charge on any atom is -0.455 e. The number of nitrogen functional groups attached to an aromatic ring is 2. The standard InChI is InChI=1S/C27H20F6N2O2/c28-25(26(29,30)27(31,32)33,17-9-1-5-13-21(17)36-23-15-7-3-11-19(23)34)18-10-2-6-14-22(18)37-24-16-8-4-12-20(24)35/h1-16H,34-35H2. The second-order valence-corrected chi connectivity index (χ2v) is 8.00. The van der Waals surface area contributed by atoms with E-state index < -0.39 is 40.4 Å². The fourth-order valence-corrected chi connectivity index (χ4v) is 3.74. The lowest BCUT2D eigenvalue weighted by Gasteiger charge is -2.36. The maximum atomic E-state index is 17.0. The van der Waals surface area contributed by atoms with Crippen LogP contribution in [-0.4, -0.2) is 12.1 Å². The first-order chi connectivity index (χ1) is 17.5. The topological polar surface area (TPSA) is 70.5 Å². The molecular weight excluding hydrogens is 498 g/mol. The van der Waals surface area contributed by atoms with Gasteiger partial charge in [-0.15, -0.1) is 0 Å². The number of alkyl halides is 6. The van der Waals surface area contributed by atoms with Gasteiger partial charge in [0.2, 0.25) is 5.67 Å². The predicted octanol–water partition coefficient (Wildman–Crippen LogP) is 7.85. The lowest BCUT2D eigenvalue weighted by atomic mass is 9.81. The zero-order chi connectivity index (χ0) is 26.8. The number of hydrogen-bond acceptors (Lipinski definition) is 4. The maximum absolute atomic E-state index is 17.0. The summed E-state index contributed by atoms with van der Waals surface area (Å²) in [6, 6.07) is 20.3. The van der Waals surface area contributed by atoms with E-state index >= 15 is 13.2 Å². The molecule has 0 aliphatic carbocycles. The number of hydrogen-bond donors (Lipinski definition) is 2. The minimum absolute atomic E-state index is 0.0609. The van der Waals surface area contributed by atoms with Crippen molar-refractivity contribution in [1.29, 1.82) is 0 Å². The van der Waals surface area contributed by atoms with Crippen molar-refractivity contribution in [2.45, 2.75) is 17.8 Å². The fraction of sp³-hybridized carbons (Fsp3) is 0.111. The average Bonchev–Trinajstić information content (AvgIpc) is 2.86. The quantitative estimate of drug-likeness (QED) is 0.193. The van der Waals surface area contributed by atoms with Crippen molar-refractivity contribution in [3.05, 3.63) is 108 Å². The van der Waals surface area contributed by atoms with E-state index in [9.17, 15) is 13.2 Å². The van der Waals surface area contributed by atoms with Crippen LogP contribution in [0, 0.1) is 0 Å². The summed E-state index contributed by atoms with van der Waals surface area (Å²) in [6.45, 7) is 0. The molecule has 4 aromatic carbocycles.